The van der Waals surface area contributed by atoms with E-state index in [9.17, 15) is 4.79 Å². The molecule has 0 N–H and O–H groups in total. The van der Waals surface area contributed by atoms with Gasteiger partial charge in [-0.05, 0) is 19.1 Å². The number of hydrogen-bond donors (Lipinski definition) is 0. The molecule has 3 aromatic rings. The normalized spacial score (nSPS) is 10.5. The van der Waals surface area contributed by atoms with Gasteiger partial charge in [0.25, 0.3) is 0 Å². The summed E-state index contributed by atoms with van der Waals surface area (Å²) in [6, 6.07) is 7.11. The van der Waals surface area contributed by atoms with Gasteiger partial charge in [0.2, 0.25) is 0 Å². The van der Waals surface area contributed by atoms with Gasteiger partial charge in [-0.15, -0.1) is 0 Å². The van der Waals surface area contributed by atoms with Crippen LogP contribution in [0.15, 0.2) is 47.4 Å². The van der Waals surface area contributed by atoms with Crippen molar-refractivity contribution in [3.05, 3.63) is 59.9 Å². The van der Waals surface area contributed by atoms with E-state index >= 15 is 0 Å². The Labute approximate surface area is 120 Å². The van der Waals surface area contributed by atoms with Gasteiger partial charge >= 0.3 is 5.97 Å². The van der Waals surface area contributed by atoms with Gasteiger partial charge in [-0.25, -0.2) is 14.5 Å². The van der Waals surface area contributed by atoms with Crippen molar-refractivity contribution in [1.82, 2.24) is 19.9 Å². The summed E-state index contributed by atoms with van der Waals surface area (Å²) in [6.07, 6.45) is 4.62. The highest BCUT2D eigenvalue weighted by Crippen LogP contribution is 2.14. The summed E-state index contributed by atoms with van der Waals surface area (Å²) < 4.78 is 11.6. The van der Waals surface area contributed by atoms with Crippen molar-refractivity contribution < 1.29 is 14.1 Å². The monoisotopic (exact) mass is 284 g/mol. The van der Waals surface area contributed by atoms with E-state index in [2.05, 4.69) is 15.2 Å². The fraction of sp³-hybridized carbons (Fsp3) is 0.143. The molecule has 0 aliphatic carbocycles. The first-order chi connectivity index (χ1) is 10.3. The van der Waals surface area contributed by atoms with Crippen molar-refractivity contribution in [1.29, 1.82) is 0 Å². The molecule has 0 aliphatic heterocycles. The second kappa shape index (κ2) is 5.58. The van der Waals surface area contributed by atoms with Gasteiger partial charge in [0, 0.05) is 12.3 Å². The number of esters is 1. The average molecular weight is 284 g/mol. The number of nitrogens with zero attached hydrogens (tertiary/aromatic N) is 4. The lowest BCUT2D eigenvalue weighted by molar-refractivity contribution is 0.0436. The third-order valence-electron chi connectivity index (χ3n) is 2.93. The molecule has 0 unspecified atom stereocenters. The first-order valence-corrected chi connectivity index (χ1v) is 6.28. The Morgan fingerprint density at radius 3 is 2.95 bits per heavy atom. The Kier molecular flexibility index (Phi) is 3.46. The van der Waals surface area contributed by atoms with E-state index in [1.54, 1.807) is 23.9 Å². The zero-order valence-electron chi connectivity index (χ0n) is 11.3. The molecule has 3 aromatic heterocycles. The van der Waals surface area contributed by atoms with Crippen LogP contribution in [0.2, 0.25) is 0 Å². The van der Waals surface area contributed by atoms with Crippen LogP contribution in [0.1, 0.15) is 21.8 Å². The summed E-state index contributed by atoms with van der Waals surface area (Å²) in [7, 11) is 0. The van der Waals surface area contributed by atoms with Crippen LogP contribution in [-0.4, -0.2) is 25.9 Å². The molecule has 106 valence electrons. The first-order valence-electron chi connectivity index (χ1n) is 6.28. The first kappa shape index (κ1) is 13.0. The van der Waals surface area contributed by atoms with E-state index in [4.69, 9.17) is 9.26 Å². The quantitative estimate of drug-likeness (QED) is 0.681. The maximum Gasteiger partial charge on any atom is 0.342 e. The maximum atomic E-state index is 12.0. The molecular formula is C14H12N4O3. The molecule has 0 bridgehead atoms. The van der Waals surface area contributed by atoms with Gasteiger partial charge < -0.3 is 9.26 Å². The van der Waals surface area contributed by atoms with Crippen LogP contribution in [0.5, 0.6) is 0 Å². The summed E-state index contributed by atoms with van der Waals surface area (Å²) in [5.41, 5.74) is 1.05. The minimum atomic E-state index is -0.467. The van der Waals surface area contributed by atoms with E-state index in [-0.39, 0.29) is 6.61 Å². The number of pyridine rings is 1. The summed E-state index contributed by atoms with van der Waals surface area (Å²) in [6.45, 7) is 1.82. The predicted molar refractivity (Wildman–Crippen MR) is 71.7 cm³/mol. The lowest BCUT2D eigenvalue weighted by atomic mass is 10.2. The van der Waals surface area contributed by atoms with Gasteiger partial charge in [0.15, 0.2) is 18.2 Å². The Morgan fingerprint density at radius 2 is 2.24 bits per heavy atom. The van der Waals surface area contributed by atoms with E-state index in [1.807, 2.05) is 18.2 Å². The van der Waals surface area contributed by atoms with Crippen molar-refractivity contribution in [2.45, 2.75) is 13.5 Å². The molecule has 0 fully saturated rings. The molecular weight excluding hydrogens is 272 g/mol. The van der Waals surface area contributed by atoms with Gasteiger partial charge in [-0.3, -0.25) is 0 Å². The van der Waals surface area contributed by atoms with Crippen LogP contribution in [-0.2, 0) is 11.3 Å². The molecule has 0 aromatic carbocycles. The fourth-order valence-corrected chi connectivity index (χ4v) is 1.85. The predicted octanol–water partition coefficient (Wildman–Crippen LogP) is 1.92. The van der Waals surface area contributed by atoms with Crippen LogP contribution < -0.4 is 0 Å². The van der Waals surface area contributed by atoms with Gasteiger partial charge in [0.1, 0.15) is 5.56 Å². The largest absolute Gasteiger partial charge is 0.454 e. The number of carbonyl (C=O) groups is 1. The van der Waals surface area contributed by atoms with Crippen LogP contribution in [0.3, 0.4) is 0 Å². The number of carbonyl (C=O) groups excluding carboxylic acids is 1. The second-order valence-corrected chi connectivity index (χ2v) is 4.30. The minimum Gasteiger partial charge on any atom is -0.454 e. The van der Waals surface area contributed by atoms with Gasteiger partial charge in [-0.2, -0.15) is 5.10 Å². The van der Waals surface area contributed by atoms with E-state index in [1.165, 1.54) is 12.4 Å². The summed E-state index contributed by atoms with van der Waals surface area (Å²) in [5.74, 6) is 0.661. The molecule has 3 rings (SSSR count). The molecule has 0 amide bonds. The molecule has 7 heteroatoms. The zero-order chi connectivity index (χ0) is 14.7. The minimum absolute atomic E-state index is 0.0348. The van der Waals surface area contributed by atoms with Crippen LogP contribution >= 0.6 is 0 Å². The van der Waals surface area contributed by atoms with Crippen LogP contribution in [0.4, 0.5) is 0 Å². The Morgan fingerprint density at radius 1 is 1.33 bits per heavy atom. The van der Waals surface area contributed by atoms with E-state index in [0.29, 0.717) is 22.8 Å². The van der Waals surface area contributed by atoms with Crippen molar-refractivity contribution in [2.24, 2.45) is 0 Å². The third kappa shape index (κ3) is 2.66. The molecule has 7 nitrogen and oxygen atoms in total. The Bertz CT molecular complexity index is 735. The second-order valence-electron chi connectivity index (χ2n) is 4.30. The standard InChI is InChI=1S/C14H12N4O3/c1-10-12(14(19)20-9-11-5-7-17-21-11)8-16-18(10)13-4-2-3-6-15-13/h2-8H,9H2,1H3. The Hall–Kier alpha value is -2.96. The van der Waals surface area contributed by atoms with Crippen molar-refractivity contribution in [3.8, 4) is 5.82 Å². The lowest BCUT2D eigenvalue weighted by Crippen LogP contribution is -2.07. The maximum absolute atomic E-state index is 12.0. The number of ether oxygens (including phenoxy) is 1. The summed E-state index contributed by atoms with van der Waals surface area (Å²) in [4.78, 5) is 16.2. The highest BCUT2D eigenvalue weighted by molar-refractivity contribution is 5.90. The smallest absolute Gasteiger partial charge is 0.342 e. The van der Waals surface area contributed by atoms with Crippen molar-refractivity contribution in [3.63, 3.8) is 0 Å². The highest BCUT2D eigenvalue weighted by Gasteiger charge is 2.17. The van der Waals surface area contributed by atoms with Gasteiger partial charge in [0.05, 0.1) is 18.1 Å². The molecule has 0 spiro atoms. The molecule has 0 radical (unpaired) electrons. The third-order valence-corrected chi connectivity index (χ3v) is 2.93. The topological polar surface area (TPSA) is 83.0 Å². The number of hydrogen-bond acceptors (Lipinski definition) is 6. The van der Waals surface area contributed by atoms with Gasteiger partial charge in [-0.1, -0.05) is 11.2 Å². The van der Waals surface area contributed by atoms with Crippen LogP contribution in [0.25, 0.3) is 5.82 Å². The molecule has 3 heterocycles. The summed E-state index contributed by atoms with van der Waals surface area (Å²) >= 11 is 0. The number of aromatic nitrogens is 4. The molecule has 21 heavy (non-hydrogen) atoms. The molecule has 0 saturated carbocycles. The van der Waals surface area contributed by atoms with Crippen molar-refractivity contribution >= 4 is 5.97 Å². The molecule has 0 aliphatic rings. The van der Waals surface area contributed by atoms with E-state index < -0.39 is 5.97 Å². The van der Waals surface area contributed by atoms with Crippen LogP contribution in [0, 0.1) is 6.92 Å². The Balaban J connectivity index is 1.77. The molecule has 0 saturated heterocycles. The van der Waals surface area contributed by atoms with Crippen molar-refractivity contribution in [2.75, 3.05) is 0 Å². The number of rotatable bonds is 4. The SMILES string of the molecule is Cc1c(C(=O)OCc2ccno2)cnn1-c1ccccn1. The zero-order valence-corrected chi connectivity index (χ0v) is 11.3. The summed E-state index contributed by atoms with van der Waals surface area (Å²) in [5, 5.41) is 7.71. The highest BCUT2D eigenvalue weighted by atomic mass is 16.5. The lowest BCUT2D eigenvalue weighted by Gasteiger charge is -2.04. The fourth-order valence-electron chi connectivity index (χ4n) is 1.85. The average Bonchev–Trinajstić information content (AvgIpc) is 3.15. The van der Waals surface area contributed by atoms with E-state index in [0.717, 1.165) is 0 Å². The molecule has 0 atom stereocenters.